The molecule has 3 rings (SSSR count). The maximum Gasteiger partial charge on any atom is 0.224 e. The number of hydrogen-bond donors (Lipinski definition) is 2. The molecule has 0 aliphatic heterocycles. The van der Waals surface area contributed by atoms with Crippen molar-refractivity contribution in [2.75, 3.05) is 11.1 Å². The first-order valence-corrected chi connectivity index (χ1v) is 9.59. The van der Waals surface area contributed by atoms with E-state index in [-0.39, 0.29) is 17.4 Å². The maximum atomic E-state index is 12.3. The van der Waals surface area contributed by atoms with Crippen molar-refractivity contribution in [1.29, 1.82) is 0 Å². The molecule has 1 amide bonds. The minimum Gasteiger partial charge on any atom is -0.326 e. The van der Waals surface area contributed by atoms with Crippen molar-refractivity contribution >= 4 is 29.1 Å². The molecule has 0 saturated carbocycles. The number of anilines is 1. The summed E-state index contributed by atoms with van der Waals surface area (Å²) in [4.78, 5) is 28.2. The van der Waals surface area contributed by atoms with Gasteiger partial charge in [-0.15, -0.1) is 5.10 Å². The number of carbonyl (C=O) groups is 2. The Hall–Kier alpha value is -2.93. The number of aromatic nitrogens is 3. The van der Waals surface area contributed by atoms with E-state index in [1.54, 1.807) is 31.2 Å². The second-order valence-electron chi connectivity index (χ2n) is 6.02. The van der Waals surface area contributed by atoms with Crippen molar-refractivity contribution in [3.63, 3.8) is 0 Å². The van der Waals surface area contributed by atoms with E-state index in [0.29, 0.717) is 28.7 Å². The Labute approximate surface area is 161 Å². The lowest BCUT2D eigenvalue weighted by Crippen LogP contribution is -2.09. The molecule has 0 aliphatic rings. The third kappa shape index (κ3) is 5.04. The minimum atomic E-state index is -0.0568. The zero-order valence-electron chi connectivity index (χ0n) is 15.2. The third-order valence-corrected chi connectivity index (χ3v) is 4.78. The molecule has 2 N–H and O–H groups in total. The normalized spacial score (nSPS) is 10.6. The molecule has 138 valence electrons. The number of Topliss-reactive ketones (excluding diaryl/α,β-unsaturated/α-hetero) is 1. The molecule has 0 radical (unpaired) electrons. The molecule has 3 aromatic rings. The van der Waals surface area contributed by atoms with E-state index in [1.165, 1.54) is 17.3 Å². The van der Waals surface area contributed by atoms with Gasteiger partial charge >= 0.3 is 0 Å². The van der Waals surface area contributed by atoms with Crippen LogP contribution in [-0.2, 0) is 4.79 Å². The lowest BCUT2D eigenvalue weighted by molar-refractivity contribution is -0.115. The van der Waals surface area contributed by atoms with Crippen molar-refractivity contribution < 1.29 is 9.59 Å². The second kappa shape index (κ2) is 8.64. The standard InChI is InChI=1S/C20H20N4O2S/c1-3-18(26)21-16-10-8-14(9-11-16)17(25)12-27-20-22-19(23-24-20)15-6-4-13(2)5-7-15/h4-11H,3,12H2,1-2H3,(H,21,26)(H,22,23,24). The van der Waals surface area contributed by atoms with E-state index < -0.39 is 0 Å². The van der Waals surface area contributed by atoms with E-state index in [9.17, 15) is 9.59 Å². The number of nitrogens with one attached hydrogen (secondary N) is 2. The van der Waals surface area contributed by atoms with Crippen LogP contribution in [0.15, 0.2) is 53.7 Å². The molecule has 2 aromatic carbocycles. The second-order valence-corrected chi connectivity index (χ2v) is 6.97. The fraction of sp³-hybridized carbons (Fsp3) is 0.200. The number of nitrogens with zero attached hydrogens (tertiary/aromatic N) is 2. The number of amides is 1. The quantitative estimate of drug-likeness (QED) is 0.476. The number of aryl methyl sites for hydroxylation is 1. The average molecular weight is 380 g/mol. The molecule has 0 aliphatic carbocycles. The fourth-order valence-electron chi connectivity index (χ4n) is 2.35. The molecule has 0 atom stereocenters. The number of benzene rings is 2. The van der Waals surface area contributed by atoms with E-state index in [0.717, 1.165) is 5.56 Å². The van der Waals surface area contributed by atoms with Gasteiger partial charge in [0.05, 0.1) is 5.75 Å². The van der Waals surface area contributed by atoms with Gasteiger partial charge in [-0.2, -0.15) is 0 Å². The largest absolute Gasteiger partial charge is 0.326 e. The van der Waals surface area contributed by atoms with Crippen LogP contribution in [-0.4, -0.2) is 32.6 Å². The molecule has 27 heavy (non-hydrogen) atoms. The molecule has 0 saturated heterocycles. The van der Waals surface area contributed by atoms with Crippen LogP contribution in [0.2, 0.25) is 0 Å². The first-order chi connectivity index (χ1) is 13.0. The summed E-state index contributed by atoms with van der Waals surface area (Å²) in [5, 5.41) is 10.4. The van der Waals surface area contributed by atoms with Crippen LogP contribution in [0.25, 0.3) is 11.4 Å². The number of hydrogen-bond acceptors (Lipinski definition) is 5. The van der Waals surface area contributed by atoms with Crippen LogP contribution >= 0.6 is 11.8 Å². The molecule has 1 aromatic heterocycles. The van der Waals surface area contributed by atoms with Crippen molar-refractivity contribution in [3.05, 3.63) is 59.7 Å². The first-order valence-electron chi connectivity index (χ1n) is 8.60. The highest BCUT2D eigenvalue weighted by Gasteiger charge is 2.11. The Morgan fingerprint density at radius 1 is 1.07 bits per heavy atom. The number of carbonyl (C=O) groups excluding carboxylic acids is 2. The number of ketones is 1. The molecule has 0 fully saturated rings. The van der Waals surface area contributed by atoms with Gasteiger partial charge in [-0.3, -0.25) is 14.7 Å². The summed E-state index contributed by atoms with van der Waals surface area (Å²) in [6.07, 6.45) is 0.415. The van der Waals surface area contributed by atoms with E-state index >= 15 is 0 Å². The minimum absolute atomic E-state index is 0.0185. The molecular formula is C20H20N4O2S. The first kappa shape index (κ1) is 18.8. The monoisotopic (exact) mass is 380 g/mol. The predicted octanol–water partition coefficient (Wildman–Crippen LogP) is 4.10. The van der Waals surface area contributed by atoms with Gasteiger partial charge in [0.25, 0.3) is 0 Å². The van der Waals surface area contributed by atoms with Crippen LogP contribution in [0.3, 0.4) is 0 Å². The van der Waals surface area contributed by atoms with Gasteiger partial charge in [-0.25, -0.2) is 4.98 Å². The highest BCUT2D eigenvalue weighted by molar-refractivity contribution is 7.99. The van der Waals surface area contributed by atoms with Crippen LogP contribution < -0.4 is 5.32 Å². The molecular weight excluding hydrogens is 360 g/mol. The number of aromatic amines is 1. The SMILES string of the molecule is CCC(=O)Nc1ccc(C(=O)CSc2n[nH]c(-c3ccc(C)cc3)n2)cc1. The summed E-state index contributed by atoms with van der Waals surface area (Å²) in [5.41, 5.74) is 3.41. The highest BCUT2D eigenvalue weighted by Crippen LogP contribution is 2.21. The van der Waals surface area contributed by atoms with Gasteiger partial charge in [-0.1, -0.05) is 48.5 Å². The summed E-state index contributed by atoms with van der Waals surface area (Å²) in [6.45, 7) is 3.82. The fourth-order valence-corrected chi connectivity index (χ4v) is 3.05. The molecule has 1 heterocycles. The Kier molecular flexibility index (Phi) is 6.03. The van der Waals surface area contributed by atoms with Crippen LogP contribution in [0.5, 0.6) is 0 Å². The van der Waals surface area contributed by atoms with Gasteiger partial charge in [0.2, 0.25) is 11.1 Å². The van der Waals surface area contributed by atoms with Crippen molar-refractivity contribution in [2.24, 2.45) is 0 Å². The van der Waals surface area contributed by atoms with Crippen molar-refractivity contribution in [3.8, 4) is 11.4 Å². The number of H-pyrrole nitrogens is 1. The zero-order valence-corrected chi connectivity index (χ0v) is 16.0. The Balaban J connectivity index is 1.57. The lowest BCUT2D eigenvalue weighted by Gasteiger charge is -2.04. The van der Waals surface area contributed by atoms with Gasteiger partial charge in [-0.05, 0) is 31.2 Å². The topological polar surface area (TPSA) is 87.7 Å². The van der Waals surface area contributed by atoms with Crippen LogP contribution in [0.4, 0.5) is 5.69 Å². The Morgan fingerprint density at radius 2 is 1.78 bits per heavy atom. The smallest absolute Gasteiger partial charge is 0.224 e. The van der Waals surface area contributed by atoms with Crippen LogP contribution in [0, 0.1) is 6.92 Å². The van der Waals surface area contributed by atoms with E-state index in [2.05, 4.69) is 20.5 Å². The number of thioether (sulfide) groups is 1. The predicted molar refractivity (Wildman–Crippen MR) is 107 cm³/mol. The average Bonchev–Trinajstić information content (AvgIpc) is 3.16. The Morgan fingerprint density at radius 3 is 2.44 bits per heavy atom. The lowest BCUT2D eigenvalue weighted by atomic mass is 10.1. The van der Waals surface area contributed by atoms with Crippen molar-refractivity contribution in [2.45, 2.75) is 25.4 Å². The van der Waals surface area contributed by atoms with Gasteiger partial charge < -0.3 is 5.32 Å². The maximum absolute atomic E-state index is 12.3. The summed E-state index contributed by atoms with van der Waals surface area (Å²) in [5.74, 6) is 0.848. The number of rotatable bonds is 7. The summed E-state index contributed by atoms with van der Waals surface area (Å²) >= 11 is 1.29. The van der Waals surface area contributed by atoms with Gasteiger partial charge in [0.15, 0.2) is 11.6 Å². The summed E-state index contributed by atoms with van der Waals surface area (Å²) in [7, 11) is 0. The molecule has 0 spiro atoms. The third-order valence-electron chi connectivity index (χ3n) is 3.93. The van der Waals surface area contributed by atoms with Gasteiger partial charge in [0, 0.05) is 23.2 Å². The molecule has 0 unspecified atom stereocenters. The van der Waals surface area contributed by atoms with Crippen molar-refractivity contribution in [1.82, 2.24) is 15.2 Å². The molecule has 7 heteroatoms. The summed E-state index contributed by atoms with van der Waals surface area (Å²) in [6, 6.07) is 14.9. The highest BCUT2D eigenvalue weighted by atomic mass is 32.2. The molecule has 0 bridgehead atoms. The molecule has 6 nitrogen and oxygen atoms in total. The Bertz CT molecular complexity index is 933. The van der Waals surface area contributed by atoms with E-state index in [1.807, 2.05) is 31.2 Å². The van der Waals surface area contributed by atoms with E-state index in [4.69, 9.17) is 0 Å². The van der Waals surface area contributed by atoms with Gasteiger partial charge in [0.1, 0.15) is 0 Å². The summed E-state index contributed by atoms with van der Waals surface area (Å²) < 4.78 is 0. The zero-order chi connectivity index (χ0) is 19.2. The van der Waals surface area contributed by atoms with Crippen LogP contribution in [0.1, 0.15) is 29.3 Å².